The third-order valence-corrected chi connectivity index (χ3v) is 5.01. The van der Waals surface area contributed by atoms with Gasteiger partial charge in [0.1, 0.15) is 11.3 Å². The maximum atomic E-state index is 12.5. The molecule has 1 amide bonds. The maximum Gasteiger partial charge on any atom is 0.336 e. The van der Waals surface area contributed by atoms with Gasteiger partial charge in [0.25, 0.3) is 5.91 Å². The van der Waals surface area contributed by atoms with Gasteiger partial charge in [-0.2, -0.15) is 0 Å². The van der Waals surface area contributed by atoms with Crippen LogP contribution in [-0.2, 0) is 11.2 Å². The summed E-state index contributed by atoms with van der Waals surface area (Å²) in [4.78, 5) is 28.3. The van der Waals surface area contributed by atoms with E-state index in [-0.39, 0.29) is 18.1 Å². The SMILES string of the molecule is CCc1cc(=O)oc2cc(C)cc(OCC(=O)N3CCC(N(C)C)C3)c12. The first kappa shape index (κ1) is 18.5. The lowest BCUT2D eigenvalue weighted by atomic mass is 10.1. The Morgan fingerprint density at radius 2 is 2.12 bits per heavy atom. The lowest BCUT2D eigenvalue weighted by molar-refractivity contribution is -0.132. The average molecular weight is 358 g/mol. The van der Waals surface area contributed by atoms with Gasteiger partial charge in [-0.1, -0.05) is 6.92 Å². The number of likely N-dealkylation sites (N-methyl/N-ethyl adjacent to an activating group) is 1. The van der Waals surface area contributed by atoms with Crippen LogP contribution in [0.4, 0.5) is 0 Å². The second-order valence-electron chi connectivity index (χ2n) is 7.11. The highest BCUT2D eigenvalue weighted by atomic mass is 16.5. The van der Waals surface area contributed by atoms with Crippen LogP contribution >= 0.6 is 0 Å². The van der Waals surface area contributed by atoms with Crippen molar-refractivity contribution in [1.82, 2.24) is 9.80 Å². The molecule has 1 fully saturated rings. The van der Waals surface area contributed by atoms with Crippen molar-refractivity contribution >= 4 is 16.9 Å². The van der Waals surface area contributed by atoms with Crippen LogP contribution in [0.25, 0.3) is 11.0 Å². The molecule has 1 aliphatic heterocycles. The van der Waals surface area contributed by atoms with Gasteiger partial charge in [0, 0.05) is 25.2 Å². The molecule has 140 valence electrons. The highest BCUT2D eigenvalue weighted by Gasteiger charge is 2.27. The fourth-order valence-electron chi connectivity index (χ4n) is 3.48. The van der Waals surface area contributed by atoms with Gasteiger partial charge in [-0.15, -0.1) is 0 Å². The molecule has 1 aromatic carbocycles. The summed E-state index contributed by atoms with van der Waals surface area (Å²) in [7, 11) is 4.07. The van der Waals surface area contributed by atoms with Crippen LogP contribution in [-0.4, -0.2) is 55.5 Å². The lowest BCUT2D eigenvalue weighted by Gasteiger charge is -2.20. The molecule has 6 nitrogen and oxygen atoms in total. The minimum atomic E-state index is -0.367. The molecule has 1 aromatic heterocycles. The van der Waals surface area contributed by atoms with E-state index < -0.39 is 0 Å². The Labute approximate surface area is 153 Å². The van der Waals surface area contributed by atoms with E-state index >= 15 is 0 Å². The van der Waals surface area contributed by atoms with E-state index in [0.29, 0.717) is 23.8 Å². The molecule has 3 rings (SSSR count). The molecule has 0 N–H and O–H groups in total. The zero-order chi connectivity index (χ0) is 18.8. The first-order chi connectivity index (χ1) is 12.4. The van der Waals surface area contributed by atoms with Gasteiger partial charge >= 0.3 is 5.63 Å². The summed E-state index contributed by atoms with van der Waals surface area (Å²) >= 11 is 0. The fraction of sp³-hybridized carbons (Fsp3) is 0.500. The number of nitrogens with zero attached hydrogens (tertiary/aromatic N) is 2. The van der Waals surface area contributed by atoms with Crippen molar-refractivity contribution < 1.29 is 13.9 Å². The van der Waals surface area contributed by atoms with E-state index in [1.54, 1.807) is 0 Å². The summed E-state index contributed by atoms with van der Waals surface area (Å²) in [5.41, 5.74) is 1.93. The van der Waals surface area contributed by atoms with Crippen molar-refractivity contribution in [3.63, 3.8) is 0 Å². The largest absolute Gasteiger partial charge is 0.483 e. The van der Waals surface area contributed by atoms with Crippen molar-refractivity contribution in [2.75, 3.05) is 33.8 Å². The molecule has 2 heterocycles. The van der Waals surface area contributed by atoms with Crippen LogP contribution in [0.15, 0.2) is 27.4 Å². The lowest BCUT2D eigenvalue weighted by Crippen LogP contribution is -2.36. The van der Waals surface area contributed by atoms with Crippen molar-refractivity contribution in [2.45, 2.75) is 32.7 Å². The van der Waals surface area contributed by atoms with Gasteiger partial charge in [0.2, 0.25) is 0 Å². The molecule has 0 spiro atoms. The number of aryl methyl sites for hydroxylation is 2. The summed E-state index contributed by atoms with van der Waals surface area (Å²) in [6.45, 7) is 5.37. The molecule has 26 heavy (non-hydrogen) atoms. The quantitative estimate of drug-likeness (QED) is 0.767. The summed E-state index contributed by atoms with van der Waals surface area (Å²) in [6.07, 6.45) is 1.67. The van der Waals surface area contributed by atoms with Gasteiger partial charge in [-0.25, -0.2) is 4.79 Å². The molecule has 6 heteroatoms. The number of carbonyl (C=O) groups is 1. The normalized spacial score (nSPS) is 17.3. The van der Waals surface area contributed by atoms with E-state index in [4.69, 9.17) is 9.15 Å². The number of likely N-dealkylation sites (tertiary alicyclic amines) is 1. The number of benzene rings is 1. The average Bonchev–Trinajstić information content (AvgIpc) is 3.08. The second kappa shape index (κ2) is 7.50. The number of hydrogen-bond acceptors (Lipinski definition) is 5. The molecule has 0 saturated carbocycles. The Bertz CT molecular complexity index is 872. The Hall–Kier alpha value is -2.34. The highest BCUT2D eigenvalue weighted by molar-refractivity contribution is 5.88. The number of hydrogen-bond donors (Lipinski definition) is 0. The summed E-state index contributed by atoms with van der Waals surface area (Å²) in [5.74, 6) is 0.580. The van der Waals surface area contributed by atoms with Gasteiger partial charge in [0.05, 0.1) is 5.39 Å². The van der Waals surface area contributed by atoms with Crippen LogP contribution in [0.1, 0.15) is 24.5 Å². The zero-order valence-corrected chi connectivity index (χ0v) is 15.9. The van der Waals surface area contributed by atoms with Crippen molar-refractivity contribution in [2.24, 2.45) is 0 Å². The maximum absolute atomic E-state index is 12.5. The first-order valence-electron chi connectivity index (χ1n) is 9.03. The molecular weight excluding hydrogens is 332 g/mol. The Morgan fingerprint density at radius 3 is 2.77 bits per heavy atom. The Kier molecular flexibility index (Phi) is 5.32. The monoisotopic (exact) mass is 358 g/mol. The molecule has 1 unspecified atom stereocenters. The molecule has 1 aliphatic rings. The van der Waals surface area contributed by atoms with Crippen LogP contribution in [0.5, 0.6) is 5.75 Å². The Morgan fingerprint density at radius 1 is 1.35 bits per heavy atom. The highest BCUT2D eigenvalue weighted by Crippen LogP contribution is 2.30. The van der Waals surface area contributed by atoms with Crippen molar-refractivity contribution in [3.05, 3.63) is 39.7 Å². The van der Waals surface area contributed by atoms with E-state index in [2.05, 4.69) is 4.90 Å². The predicted octanol–water partition coefficient (Wildman–Crippen LogP) is 2.21. The number of amides is 1. The first-order valence-corrected chi connectivity index (χ1v) is 9.03. The minimum Gasteiger partial charge on any atom is -0.483 e. The molecule has 0 aliphatic carbocycles. The van der Waals surface area contributed by atoms with Crippen molar-refractivity contribution in [3.8, 4) is 5.75 Å². The Balaban J connectivity index is 1.81. The smallest absolute Gasteiger partial charge is 0.336 e. The van der Waals surface area contributed by atoms with Crippen LogP contribution in [0, 0.1) is 6.92 Å². The molecule has 1 saturated heterocycles. The molecule has 0 radical (unpaired) electrons. The van der Waals surface area contributed by atoms with Crippen LogP contribution in [0.3, 0.4) is 0 Å². The molecule has 0 bridgehead atoms. The summed E-state index contributed by atoms with van der Waals surface area (Å²) < 4.78 is 11.2. The van der Waals surface area contributed by atoms with Crippen molar-refractivity contribution in [1.29, 1.82) is 0 Å². The van der Waals surface area contributed by atoms with Crippen LogP contribution < -0.4 is 10.4 Å². The minimum absolute atomic E-state index is 0.0129. The van der Waals surface area contributed by atoms with E-state index in [1.807, 2.05) is 45.0 Å². The van der Waals surface area contributed by atoms with E-state index in [1.165, 1.54) is 6.07 Å². The second-order valence-corrected chi connectivity index (χ2v) is 7.11. The third-order valence-electron chi connectivity index (χ3n) is 5.01. The topological polar surface area (TPSA) is 63.0 Å². The number of fused-ring (bicyclic) bond motifs is 1. The standard InChI is InChI=1S/C20H26N2O4/c1-5-14-10-19(24)26-17-9-13(2)8-16(20(14)17)25-12-18(23)22-7-6-15(11-22)21(3)4/h8-10,15H,5-7,11-12H2,1-4H3. The van der Waals surface area contributed by atoms with E-state index in [0.717, 1.165) is 36.0 Å². The van der Waals surface area contributed by atoms with Gasteiger partial charge in [0.15, 0.2) is 6.61 Å². The van der Waals surface area contributed by atoms with E-state index in [9.17, 15) is 9.59 Å². The van der Waals surface area contributed by atoms with Gasteiger partial charge in [-0.3, -0.25) is 4.79 Å². The number of rotatable bonds is 5. The molecular formula is C20H26N2O4. The zero-order valence-electron chi connectivity index (χ0n) is 15.9. The number of ether oxygens (including phenoxy) is 1. The number of carbonyl (C=O) groups excluding carboxylic acids is 1. The summed E-state index contributed by atoms with van der Waals surface area (Å²) in [6, 6.07) is 5.61. The van der Waals surface area contributed by atoms with Gasteiger partial charge < -0.3 is 19.0 Å². The third kappa shape index (κ3) is 3.75. The molecule has 1 atom stereocenters. The fourth-order valence-corrected chi connectivity index (χ4v) is 3.48. The molecule has 2 aromatic rings. The van der Waals surface area contributed by atoms with Gasteiger partial charge in [-0.05, 0) is 57.1 Å². The predicted molar refractivity (Wildman–Crippen MR) is 101 cm³/mol. The summed E-state index contributed by atoms with van der Waals surface area (Å²) in [5, 5.41) is 0.776. The van der Waals surface area contributed by atoms with Crippen LogP contribution in [0.2, 0.25) is 0 Å².